The standard InChI is InChI=1S/C21H21F3N4O4/c1-28-19(29)13-6-11(9-30-2)31-10-21(13,27-20(28)25)12-7-17(16(24)8-15(12)23)32-18-14(22)4-3-5-26-18/h3-5,7-8,11,13H,6,9-10H2,1-2H3,(H2,25,27)/t11-,13+,21-/m1/s1. The van der Waals surface area contributed by atoms with Crippen molar-refractivity contribution in [2.75, 3.05) is 27.4 Å². The molecule has 2 N–H and O–H groups in total. The quantitative estimate of drug-likeness (QED) is 0.751. The minimum atomic E-state index is -1.56. The normalized spacial score (nSPS) is 25.3. The van der Waals surface area contributed by atoms with Gasteiger partial charge in [-0.15, -0.1) is 0 Å². The topological polar surface area (TPSA) is 99.3 Å². The fraction of sp³-hybridized carbons (Fsp3) is 0.381. The number of methoxy groups -OCH3 is 1. The van der Waals surface area contributed by atoms with Crippen molar-refractivity contribution in [3.63, 3.8) is 0 Å². The number of nitrogens with two attached hydrogens (primary N) is 1. The summed E-state index contributed by atoms with van der Waals surface area (Å²) < 4.78 is 59.8. The number of hydrogen-bond donors (Lipinski definition) is 1. The summed E-state index contributed by atoms with van der Waals surface area (Å²) in [7, 11) is 2.96. The van der Waals surface area contributed by atoms with E-state index in [-0.39, 0.29) is 37.1 Å². The van der Waals surface area contributed by atoms with Crippen LogP contribution in [0.5, 0.6) is 11.6 Å². The number of pyridine rings is 1. The van der Waals surface area contributed by atoms with Gasteiger partial charge in [0.05, 0.1) is 25.2 Å². The van der Waals surface area contributed by atoms with Crippen molar-refractivity contribution in [3.8, 4) is 11.6 Å². The molecule has 32 heavy (non-hydrogen) atoms. The molecule has 0 bridgehead atoms. The van der Waals surface area contributed by atoms with Gasteiger partial charge in [-0.1, -0.05) is 0 Å². The minimum absolute atomic E-state index is 0.137. The van der Waals surface area contributed by atoms with Crippen LogP contribution in [0, 0.1) is 23.4 Å². The van der Waals surface area contributed by atoms with Gasteiger partial charge in [0.2, 0.25) is 5.91 Å². The Balaban J connectivity index is 1.82. The van der Waals surface area contributed by atoms with Crippen molar-refractivity contribution in [1.82, 2.24) is 9.88 Å². The van der Waals surface area contributed by atoms with E-state index < -0.39 is 46.6 Å². The molecule has 8 nitrogen and oxygen atoms in total. The number of rotatable bonds is 5. The molecule has 0 saturated carbocycles. The maximum absolute atomic E-state index is 15.1. The van der Waals surface area contributed by atoms with Crippen molar-refractivity contribution in [1.29, 1.82) is 0 Å². The number of nitrogens with zero attached hydrogens (tertiary/aromatic N) is 3. The first-order valence-electron chi connectivity index (χ1n) is 9.78. The summed E-state index contributed by atoms with van der Waals surface area (Å²) in [5.74, 6) is -5.21. The Bertz CT molecular complexity index is 1080. The first kappa shape index (κ1) is 22.0. The number of ether oxygens (including phenoxy) is 3. The lowest BCUT2D eigenvalue weighted by Gasteiger charge is -2.47. The van der Waals surface area contributed by atoms with E-state index in [0.717, 1.165) is 12.1 Å². The average molecular weight is 450 g/mol. The molecule has 2 aromatic rings. The first-order valence-corrected chi connectivity index (χ1v) is 9.78. The van der Waals surface area contributed by atoms with Crippen molar-refractivity contribution < 1.29 is 32.2 Å². The number of guanidine groups is 1. The summed E-state index contributed by atoms with van der Waals surface area (Å²) in [5.41, 5.74) is 4.22. The zero-order valence-electron chi connectivity index (χ0n) is 17.3. The molecule has 1 aromatic carbocycles. The predicted molar refractivity (Wildman–Crippen MR) is 106 cm³/mol. The number of aromatic nitrogens is 1. The molecule has 3 heterocycles. The number of aliphatic imine (C=N–C) groups is 1. The Kier molecular flexibility index (Phi) is 5.78. The lowest BCUT2D eigenvalue weighted by Crippen LogP contribution is -2.60. The van der Waals surface area contributed by atoms with E-state index in [1.165, 1.54) is 31.3 Å². The van der Waals surface area contributed by atoms with Crippen LogP contribution in [0.4, 0.5) is 13.2 Å². The van der Waals surface area contributed by atoms with E-state index in [9.17, 15) is 13.6 Å². The largest absolute Gasteiger partial charge is 0.433 e. The fourth-order valence-electron chi connectivity index (χ4n) is 4.03. The van der Waals surface area contributed by atoms with Gasteiger partial charge in [-0.2, -0.15) is 0 Å². The van der Waals surface area contributed by atoms with E-state index in [4.69, 9.17) is 19.9 Å². The smallest absolute Gasteiger partial charge is 0.255 e. The monoisotopic (exact) mass is 450 g/mol. The zero-order valence-corrected chi connectivity index (χ0v) is 17.3. The maximum Gasteiger partial charge on any atom is 0.255 e. The van der Waals surface area contributed by atoms with E-state index in [1.54, 1.807) is 0 Å². The fourth-order valence-corrected chi connectivity index (χ4v) is 4.03. The van der Waals surface area contributed by atoms with E-state index in [0.29, 0.717) is 6.07 Å². The summed E-state index contributed by atoms with van der Waals surface area (Å²) in [5, 5.41) is 0. The summed E-state index contributed by atoms with van der Waals surface area (Å²) >= 11 is 0. The molecule has 0 aliphatic carbocycles. The number of halogens is 3. The van der Waals surface area contributed by atoms with Gasteiger partial charge >= 0.3 is 0 Å². The van der Waals surface area contributed by atoms with Crippen LogP contribution in [-0.2, 0) is 19.8 Å². The van der Waals surface area contributed by atoms with Crippen molar-refractivity contribution in [2.24, 2.45) is 16.6 Å². The third kappa shape index (κ3) is 3.67. The number of amides is 1. The highest BCUT2D eigenvalue weighted by atomic mass is 19.1. The Labute approximate surface area is 181 Å². The molecule has 2 aliphatic heterocycles. The van der Waals surface area contributed by atoms with E-state index in [1.807, 2.05) is 0 Å². The second kappa shape index (κ2) is 8.40. The molecule has 1 amide bonds. The number of carbonyl (C=O) groups excluding carboxylic acids is 1. The Morgan fingerprint density at radius 2 is 2.06 bits per heavy atom. The maximum atomic E-state index is 15.1. The second-order valence-corrected chi connectivity index (χ2v) is 7.62. The molecule has 1 fully saturated rings. The molecule has 0 radical (unpaired) electrons. The summed E-state index contributed by atoms with van der Waals surface area (Å²) in [6, 6.07) is 4.06. The SMILES string of the molecule is COC[C@H]1C[C@H]2C(=O)N(C)C(N)=N[C@@]2(c2cc(Oc3ncccc3F)c(F)cc2F)CO1. The predicted octanol–water partition coefficient (Wildman–Crippen LogP) is 2.32. The first-order chi connectivity index (χ1) is 15.3. The van der Waals surface area contributed by atoms with Crippen LogP contribution in [0.2, 0.25) is 0 Å². The molecule has 0 spiro atoms. The third-order valence-corrected chi connectivity index (χ3v) is 5.67. The van der Waals surface area contributed by atoms with Crippen LogP contribution >= 0.6 is 0 Å². The van der Waals surface area contributed by atoms with Gasteiger partial charge in [-0.3, -0.25) is 9.69 Å². The Morgan fingerprint density at radius 3 is 2.78 bits per heavy atom. The van der Waals surface area contributed by atoms with Crippen molar-refractivity contribution in [2.45, 2.75) is 18.1 Å². The third-order valence-electron chi connectivity index (χ3n) is 5.67. The second-order valence-electron chi connectivity index (χ2n) is 7.62. The van der Waals surface area contributed by atoms with Gasteiger partial charge in [-0.05, 0) is 24.6 Å². The molecule has 0 unspecified atom stereocenters. The van der Waals surface area contributed by atoms with Crippen LogP contribution in [0.1, 0.15) is 12.0 Å². The molecule has 4 rings (SSSR count). The highest BCUT2D eigenvalue weighted by Gasteiger charge is 2.54. The summed E-state index contributed by atoms with van der Waals surface area (Å²) in [4.78, 5) is 22.4. The molecule has 2 aliphatic rings. The van der Waals surface area contributed by atoms with Gasteiger partial charge in [0.15, 0.2) is 23.3 Å². The molecular formula is C21H21F3N4O4. The van der Waals surface area contributed by atoms with E-state index >= 15 is 4.39 Å². The van der Waals surface area contributed by atoms with Gasteiger partial charge in [-0.25, -0.2) is 23.1 Å². The molecule has 1 aromatic heterocycles. The van der Waals surface area contributed by atoms with Gasteiger partial charge in [0.25, 0.3) is 5.88 Å². The lowest BCUT2D eigenvalue weighted by atomic mass is 9.72. The molecule has 1 saturated heterocycles. The van der Waals surface area contributed by atoms with E-state index in [2.05, 4.69) is 9.98 Å². The Hall–Kier alpha value is -3.18. The number of fused-ring (bicyclic) bond motifs is 1. The van der Waals surface area contributed by atoms with Crippen LogP contribution in [0.15, 0.2) is 35.5 Å². The van der Waals surface area contributed by atoms with Gasteiger partial charge < -0.3 is 19.9 Å². The highest BCUT2D eigenvalue weighted by molar-refractivity contribution is 6.00. The average Bonchev–Trinajstić information content (AvgIpc) is 2.76. The van der Waals surface area contributed by atoms with Gasteiger partial charge in [0.1, 0.15) is 11.4 Å². The highest BCUT2D eigenvalue weighted by Crippen LogP contribution is 2.46. The van der Waals surface area contributed by atoms with Crippen molar-refractivity contribution >= 4 is 11.9 Å². The van der Waals surface area contributed by atoms with Crippen molar-refractivity contribution in [3.05, 3.63) is 53.5 Å². The molecule has 11 heteroatoms. The molecular weight excluding hydrogens is 429 g/mol. The summed E-state index contributed by atoms with van der Waals surface area (Å²) in [6.45, 7) is 0.0217. The van der Waals surface area contributed by atoms with Crippen LogP contribution < -0.4 is 10.5 Å². The molecule has 170 valence electrons. The molecule has 3 atom stereocenters. The van der Waals surface area contributed by atoms with Crippen LogP contribution in [-0.4, -0.2) is 55.2 Å². The lowest BCUT2D eigenvalue weighted by molar-refractivity contribution is -0.148. The van der Waals surface area contributed by atoms with Crippen LogP contribution in [0.25, 0.3) is 0 Å². The minimum Gasteiger partial charge on any atom is -0.433 e. The Morgan fingerprint density at radius 1 is 1.28 bits per heavy atom. The zero-order chi connectivity index (χ0) is 23.0. The summed E-state index contributed by atoms with van der Waals surface area (Å²) in [6.07, 6.45) is 1.02. The van der Waals surface area contributed by atoms with Gasteiger partial charge in [0, 0.05) is 32.0 Å². The number of hydrogen-bond acceptors (Lipinski definition) is 7. The number of benzene rings is 1. The van der Waals surface area contributed by atoms with Crippen LogP contribution in [0.3, 0.4) is 0 Å². The number of carbonyl (C=O) groups is 1.